The van der Waals surface area contributed by atoms with Crippen molar-refractivity contribution in [2.75, 3.05) is 31.3 Å². The molecule has 3 aromatic rings. The fourth-order valence-electron chi connectivity index (χ4n) is 3.16. The molecule has 2 aromatic carbocycles. The Morgan fingerprint density at radius 2 is 1.82 bits per heavy atom. The highest BCUT2D eigenvalue weighted by atomic mass is 32.2. The smallest absolute Gasteiger partial charge is 0.246 e. The number of methoxy groups -OCH3 is 1. The van der Waals surface area contributed by atoms with E-state index in [9.17, 15) is 22.0 Å². The molecule has 34 heavy (non-hydrogen) atoms. The van der Waals surface area contributed by atoms with Crippen LogP contribution >= 0.6 is 0 Å². The summed E-state index contributed by atoms with van der Waals surface area (Å²) in [6.45, 7) is -0.00733. The van der Waals surface area contributed by atoms with Crippen molar-refractivity contribution in [1.82, 2.24) is 15.0 Å². The standard InChI is InChI=1S/C22H24F2N4O5S/c1-27(14-20-25-22(26-33-20)15-6-9-17(32-2)10-7-15)21(29)5-4-12-28(34(3,30)31)16-8-11-18(23)19(24)13-16/h6-11,13H,4-5,12,14H2,1-3H3. The molecule has 0 bridgehead atoms. The lowest BCUT2D eigenvalue weighted by Crippen LogP contribution is -2.32. The first kappa shape index (κ1) is 25.1. The zero-order valence-corrected chi connectivity index (χ0v) is 19.7. The first-order valence-electron chi connectivity index (χ1n) is 10.2. The van der Waals surface area contributed by atoms with Gasteiger partial charge in [-0.15, -0.1) is 0 Å². The molecule has 9 nitrogen and oxygen atoms in total. The lowest BCUT2D eigenvalue weighted by atomic mass is 10.2. The second kappa shape index (κ2) is 10.6. The zero-order valence-electron chi connectivity index (χ0n) is 18.9. The number of carbonyl (C=O) groups excluding carboxylic acids is 1. The van der Waals surface area contributed by atoms with Gasteiger partial charge in [-0.25, -0.2) is 17.2 Å². The van der Waals surface area contributed by atoms with Crippen LogP contribution in [0.3, 0.4) is 0 Å². The van der Waals surface area contributed by atoms with Gasteiger partial charge in [0, 0.05) is 31.6 Å². The molecule has 0 aliphatic rings. The van der Waals surface area contributed by atoms with E-state index in [1.165, 1.54) is 11.0 Å². The number of rotatable bonds is 10. The van der Waals surface area contributed by atoms with E-state index in [0.29, 0.717) is 11.6 Å². The van der Waals surface area contributed by atoms with Crippen molar-refractivity contribution in [2.45, 2.75) is 19.4 Å². The number of nitrogens with zero attached hydrogens (tertiary/aromatic N) is 4. The van der Waals surface area contributed by atoms with Crippen molar-refractivity contribution >= 4 is 21.6 Å². The van der Waals surface area contributed by atoms with Gasteiger partial charge in [-0.2, -0.15) is 4.98 Å². The van der Waals surface area contributed by atoms with E-state index in [1.54, 1.807) is 38.4 Å². The quantitative estimate of drug-likeness (QED) is 0.426. The summed E-state index contributed by atoms with van der Waals surface area (Å²) >= 11 is 0. The van der Waals surface area contributed by atoms with Gasteiger partial charge in [-0.05, 0) is 42.8 Å². The maximum absolute atomic E-state index is 13.6. The molecule has 0 aliphatic heterocycles. The Balaban J connectivity index is 1.56. The largest absolute Gasteiger partial charge is 0.497 e. The van der Waals surface area contributed by atoms with E-state index in [2.05, 4.69) is 10.1 Å². The molecular formula is C22H24F2N4O5S. The van der Waals surface area contributed by atoms with E-state index >= 15 is 0 Å². The molecule has 12 heteroatoms. The summed E-state index contributed by atoms with van der Waals surface area (Å²) < 4.78 is 62.2. The Kier molecular flexibility index (Phi) is 7.82. The summed E-state index contributed by atoms with van der Waals surface area (Å²) in [6, 6.07) is 9.92. The summed E-state index contributed by atoms with van der Waals surface area (Å²) in [5, 5.41) is 3.92. The Morgan fingerprint density at radius 3 is 2.44 bits per heavy atom. The number of ether oxygens (including phenoxy) is 1. The van der Waals surface area contributed by atoms with Crippen LogP contribution in [0, 0.1) is 11.6 Å². The number of aromatic nitrogens is 2. The van der Waals surface area contributed by atoms with Gasteiger partial charge in [0.2, 0.25) is 27.6 Å². The van der Waals surface area contributed by atoms with Crippen LogP contribution in [0.25, 0.3) is 11.4 Å². The highest BCUT2D eigenvalue weighted by Crippen LogP contribution is 2.22. The van der Waals surface area contributed by atoms with E-state index < -0.39 is 21.7 Å². The first-order chi connectivity index (χ1) is 16.1. The Hall–Kier alpha value is -3.54. The van der Waals surface area contributed by atoms with Crippen molar-refractivity contribution in [3.05, 3.63) is 60.0 Å². The highest BCUT2D eigenvalue weighted by Gasteiger charge is 2.20. The first-order valence-corrected chi connectivity index (χ1v) is 12.1. The summed E-state index contributed by atoms with van der Waals surface area (Å²) in [4.78, 5) is 18.2. The van der Waals surface area contributed by atoms with Gasteiger partial charge in [-0.1, -0.05) is 5.16 Å². The Labute approximate surface area is 196 Å². The van der Waals surface area contributed by atoms with Gasteiger partial charge in [0.25, 0.3) is 0 Å². The van der Waals surface area contributed by atoms with Crippen molar-refractivity contribution in [3.63, 3.8) is 0 Å². The summed E-state index contributed by atoms with van der Waals surface area (Å²) in [5.41, 5.74) is 0.710. The highest BCUT2D eigenvalue weighted by molar-refractivity contribution is 7.92. The molecule has 182 valence electrons. The number of halogens is 2. The minimum Gasteiger partial charge on any atom is -0.497 e. The number of hydrogen-bond donors (Lipinski definition) is 0. The third-order valence-electron chi connectivity index (χ3n) is 4.96. The van der Waals surface area contributed by atoms with Crippen molar-refractivity contribution in [1.29, 1.82) is 0 Å². The predicted molar refractivity (Wildman–Crippen MR) is 121 cm³/mol. The summed E-state index contributed by atoms with van der Waals surface area (Å²) in [7, 11) is -0.640. The molecule has 3 rings (SSSR count). The predicted octanol–water partition coefficient (Wildman–Crippen LogP) is 3.23. The van der Waals surface area contributed by atoms with Gasteiger partial charge in [0.15, 0.2) is 11.6 Å². The Morgan fingerprint density at radius 1 is 1.12 bits per heavy atom. The van der Waals surface area contributed by atoms with Gasteiger partial charge >= 0.3 is 0 Å². The van der Waals surface area contributed by atoms with Crippen molar-refractivity contribution in [2.24, 2.45) is 0 Å². The van der Waals surface area contributed by atoms with Crippen LogP contribution in [0.4, 0.5) is 14.5 Å². The molecule has 1 aromatic heterocycles. The van der Waals surface area contributed by atoms with Crippen LogP contribution in [0.5, 0.6) is 5.75 Å². The topological polar surface area (TPSA) is 106 Å². The molecule has 0 saturated carbocycles. The lowest BCUT2D eigenvalue weighted by Gasteiger charge is -2.23. The minimum absolute atomic E-state index is 0.0147. The molecule has 0 aliphatic carbocycles. The normalized spacial score (nSPS) is 11.3. The SMILES string of the molecule is COc1ccc(-c2noc(CN(C)C(=O)CCCN(c3ccc(F)c(F)c3)S(C)(=O)=O)n2)cc1. The second-order valence-electron chi connectivity index (χ2n) is 7.53. The number of amides is 1. The number of hydrogen-bond acceptors (Lipinski definition) is 7. The zero-order chi connectivity index (χ0) is 24.9. The fourth-order valence-corrected chi connectivity index (χ4v) is 4.12. The molecule has 0 atom stereocenters. The van der Waals surface area contributed by atoms with Crippen LogP contribution in [-0.4, -0.2) is 56.3 Å². The fraction of sp³-hybridized carbons (Fsp3) is 0.318. The maximum atomic E-state index is 13.6. The molecule has 0 spiro atoms. The average molecular weight is 495 g/mol. The lowest BCUT2D eigenvalue weighted by molar-refractivity contribution is -0.130. The van der Waals surface area contributed by atoms with Gasteiger partial charge in [0.1, 0.15) is 5.75 Å². The van der Waals surface area contributed by atoms with E-state index in [4.69, 9.17) is 9.26 Å². The van der Waals surface area contributed by atoms with Crippen molar-refractivity contribution in [3.8, 4) is 17.1 Å². The van der Waals surface area contributed by atoms with Crippen LogP contribution in [-0.2, 0) is 21.4 Å². The second-order valence-corrected chi connectivity index (χ2v) is 9.43. The molecular weight excluding hydrogens is 470 g/mol. The maximum Gasteiger partial charge on any atom is 0.246 e. The molecule has 0 fully saturated rings. The van der Waals surface area contributed by atoms with Gasteiger partial charge in [-0.3, -0.25) is 9.10 Å². The van der Waals surface area contributed by atoms with Crippen LogP contribution < -0.4 is 9.04 Å². The monoisotopic (exact) mass is 494 g/mol. The molecule has 0 radical (unpaired) electrons. The molecule has 0 saturated heterocycles. The number of carbonyl (C=O) groups is 1. The van der Waals surface area contributed by atoms with Crippen LogP contribution in [0.1, 0.15) is 18.7 Å². The number of sulfonamides is 1. The van der Waals surface area contributed by atoms with Gasteiger partial charge < -0.3 is 14.2 Å². The Bertz CT molecular complexity index is 1250. The van der Waals surface area contributed by atoms with Crippen LogP contribution in [0.2, 0.25) is 0 Å². The van der Waals surface area contributed by atoms with E-state index in [-0.39, 0.29) is 43.4 Å². The van der Waals surface area contributed by atoms with Crippen LogP contribution in [0.15, 0.2) is 47.0 Å². The molecule has 0 unspecified atom stereocenters. The van der Waals surface area contributed by atoms with E-state index in [0.717, 1.165) is 28.3 Å². The molecule has 1 amide bonds. The van der Waals surface area contributed by atoms with Crippen molar-refractivity contribution < 1.29 is 31.3 Å². The van der Waals surface area contributed by atoms with Gasteiger partial charge in [0.05, 0.1) is 25.6 Å². The minimum atomic E-state index is -3.76. The average Bonchev–Trinajstić information content (AvgIpc) is 3.26. The number of benzene rings is 2. The summed E-state index contributed by atoms with van der Waals surface area (Å²) in [6.07, 6.45) is 1.14. The third-order valence-corrected chi connectivity index (χ3v) is 6.15. The third kappa shape index (κ3) is 6.28. The number of anilines is 1. The molecule has 1 heterocycles. The molecule has 0 N–H and O–H groups in total. The summed E-state index contributed by atoms with van der Waals surface area (Å²) in [5.74, 6) is -1.21. The van der Waals surface area contributed by atoms with E-state index in [1.807, 2.05) is 0 Å².